The summed E-state index contributed by atoms with van der Waals surface area (Å²) in [7, 11) is 0. The van der Waals surface area contributed by atoms with E-state index in [9.17, 15) is 14.0 Å². The van der Waals surface area contributed by atoms with Crippen molar-refractivity contribution in [2.75, 3.05) is 22.4 Å². The topological polar surface area (TPSA) is 61.4 Å². The highest BCUT2D eigenvalue weighted by Gasteiger charge is 2.37. The summed E-state index contributed by atoms with van der Waals surface area (Å²) in [4.78, 5) is 26.8. The van der Waals surface area contributed by atoms with E-state index in [-0.39, 0.29) is 23.4 Å². The molecular formula is C19H19ClFN3O2S. The number of nitrogens with zero attached hydrogens (tertiary/aromatic N) is 1. The van der Waals surface area contributed by atoms with Crippen LogP contribution in [0.15, 0.2) is 42.5 Å². The van der Waals surface area contributed by atoms with Crippen molar-refractivity contribution in [2.24, 2.45) is 5.92 Å². The fraction of sp³-hybridized carbons (Fsp3) is 0.263. The smallest absolute Gasteiger partial charge is 0.239 e. The van der Waals surface area contributed by atoms with Crippen LogP contribution in [-0.4, -0.2) is 24.6 Å². The fourth-order valence-corrected chi connectivity index (χ4v) is 3.67. The lowest BCUT2D eigenvalue weighted by Gasteiger charge is -2.18. The average molecular weight is 408 g/mol. The molecule has 8 heteroatoms. The number of benzene rings is 2. The monoisotopic (exact) mass is 407 g/mol. The molecule has 2 aromatic carbocycles. The number of anilines is 2. The number of carbonyl (C=O) groups excluding carboxylic acids is 2. The van der Waals surface area contributed by atoms with Gasteiger partial charge < -0.3 is 14.9 Å². The lowest BCUT2D eigenvalue weighted by Crippen LogP contribution is -2.36. The van der Waals surface area contributed by atoms with E-state index in [1.165, 1.54) is 24.1 Å². The Morgan fingerprint density at radius 3 is 2.89 bits per heavy atom. The largest absolute Gasteiger partial charge is 0.351 e. The van der Waals surface area contributed by atoms with Gasteiger partial charge in [-0.25, -0.2) is 4.39 Å². The van der Waals surface area contributed by atoms with Gasteiger partial charge in [-0.15, -0.1) is 0 Å². The van der Waals surface area contributed by atoms with E-state index in [1.807, 2.05) is 30.5 Å². The molecule has 1 fully saturated rings. The molecule has 0 spiro atoms. The summed E-state index contributed by atoms with van der Waals surface area (Å²) in [5.74, 6) is -1.80. The van der Waals surface area contributed by atoms with E-state index < -0.39 is 11.7 Å². The van der Waals surface area contributed by atoms with Crippen LogP contribution < -0.4 is 14.9 Å². The second kappa shape index (κ2) is 8.63. The molecule has 1 saturated heterocycles. The lowest BCUT2D eigenvalue weighted by molar-refractivity contribution is -0.132. The van der Waals surface area contributed by atoms with Crippen molar-refractivity contribution in [1.82, 2.24) is 5.32 Å². The molecule has 1 aliphatic heterocycles. The van der Waals surface area contributed by atoms with Crippen molar-refractivity contribution in [3.8, 4) is 0 Å². The molecule has 1 aliphatic rings. The van der Waals surface area contributed by atoms with Crippen molar-refractivity contribution in [2.45, 2.75) is 13.0 Å². The van der Waals surface area contributed by atoms with Crippen LogP contribution in [-0.2, 0) is 16.1 Å². The van der Waals surface area contributed by atoms with Gasteiger partial charge in [-0.1, -0.05) is 29.6 Å². The van der Waals surface area contributed by atoms with Gasteiger partial charge in [0.25, 0.3) is 0 Å². The molecule has 1 heterocycles. The maximum Gasteiger partial charge on any atom is 0.239 e. The van der Waals surface area contributed by atoms with E-state index in [2.05, 4.69) is 10.0 Å². The van der Waals surface area contributed by atoms with Gasteiger partial charge >= 0.3 is 0 Å². The zero-order valence-corrected chi connectivity index (χ0v) is 16.2. The lowest BCUT2D eigenvalue weighted by atomic mass is 10.1. The summed E-state index contributed by atoms with van der Waals surface area (Å²) in [6, 6.07) is 11.6. The molecule has 0 bridgehead atoms. The molecule has 1 unspecified atom stereocenters. The van der Waals surface area contributed by atoms with Crippen molar-refractivity contribution in [3.63, 3.8) is 0 Å². The van der Waals surface area contributed by atoms with Crippen LogP contribution in [0.1, 0.15) is 12.0 Å². The minimum Gasteiger partial charge on any atom is -0.351 e. The molecule has 5 nitrogen and oxygen atoms in total. The van der Waals surface area contributed by atoms with E-state index in [4.69, 9.17) is 11.6 Å². The first-order chi connectivity index (χ1) is 13.0. The number of halogens is 2. The third kappa shape index (κ3) is 4.73. The van der Waals surface area contributed by atoms with Gasteiger partial charge in [0.05, 0.1) is 0 Å². The van der Waals surface area contributed by atoms with Crippen molar-refractivity contribution < 1.29 is 14.0 Å². The average Bonchev–Trinajstić information content (AvgIpc) is 3.01. The Hall–Kier alpha value is -2.25. The maximum atomic E-state index is 13.4. The van der Waals surface area contributed by atoms with Crippen LogP contribution in [0.4, 0.5) is 15.8 Å². The first-order valence-electron chi connectivity index (χ1n) is 8.41. The van der Waals surface area contributed by atoms with Crippen LogP contribution in [0, 0.1) is 11.7 Å². The maximum absolute atomic E-state index is 13.4. The van der Waals surface area contributed by atoms with Gasteiger partial charge in [0.2, 0.25) is 11.8 Å². The van der Waals surface area contributed by atoms with Gasteiger partial charge in [-0.05, 0) is 48.4 Å². The van der Waals surface area contributed by atoms with Crippen molar-refractivity contribution in [1.29, 1.82) is 0 Å². The number of nitrogens with one attached hydrogen (secondary N) is 2. The zero-order valence-electron chi connectivity index (χ0n) is 14.7. The SMILES string of the molecule is CSNc1cccc(N2CCC(C(=O)NCc3cc(F)cc(Cl)c3)C2=O)c1. The molecule has 1 atom stereocenters. The number of hydrogen-bond acceptors (Lipinski definition) is 4. The first-order valence-corrected chi connectivity index (χ1v) is 10.0. The third-order valence-corrected chi connectivity index (χ3v) is 4.95. The van der Waals surface area contributed by atoms with E-state index in [0.29, 0.717) is 18.5 Å². The van der Waals surface area contributed by atoms with Crippen LogP contribution >= 0.6 is 23.5 Å². The number of hydrogen-bond donors (Lipinski definition) is 2. The summed E-state index contributed by atoms with van der Waals surface area (Å²) in [6.45, 7) is 0.596. The standard InChI is InChI=1S/C19H19ClFN3O2S/c1-27-23-15-3-2-4-16(10-15)24-6-5-17(19(24)26)18(25)22-11-12-7-13(20)9-14(21)8-12/h2-4,7-10,17,23H,5-6,11H2,1H3,(H,22,25). The molecule has 27 heavy (non-hydrogen) atoms. The second-order valence-corrected chi connectivity index (χ2v) is 7.23. The Balaban J connectivity index is 1.63. The highest BCUT2D eigenvalue weighted by Crippen LogP contribution is 2.28. The summed E-state index contributed by atoms with van der Waals surface area (Å²) in [5.41, 5.74) is 2.20. The van der Waals surface area contributed by atoms with Crippen LogP contribution in [0.5, 0.6) is 0 Å². The molecule has 2 amide bonds. The molecule has 0 aliphatic carbocycles. The Bertz CT molecular complexity index is 844. The minimum atomic E-state index is -0.744. The quantitative estimate of drug-likeness (QED) is 0.564. The van der Waals surface area contributed by atoms with E-state index in [1.54, 1.807) is 11.0 Å². The second-order valence-electron chi connectivity index (χ2n) is 6.18. The Kier molecular flexibility index (Phi) is 6.23. The van der Waals surface area contributed by atoms with Gasteiger partial charge in [0.1, 0.15) is 11.7 Å². The molecule has 3 rings (SSSR count). The summed E-state index contributed by atoms with van der Waals surface area (Å²) in [5, 5.41) is 2.97. The summed E-state index contributed by atoms with van der Waals surface area (Å²) in [6.07, 6.45) is 2.36. The molecule has 2 aromatic rings. The van der Waals surface area contributed by atoms with Crippen molar-refractivity contribution >= 4 is 46.7 Å². The summed E-state index contributed by atoms with van der Waals surface area (Å²) >= 11 is 7.28. The number of amides is 2. The fourth-order valence-electron chi connectivity index (χ4n) is 3.06. The number of carbonyl (C=O) groups is 2. The highest BCUT2D eigenvalue weighted by molar-refractivity contribution is 7.99. The van der Waals surface area contributed by atoms with Crippen LogP contribution in [0.25, 0.3) is 0 Å². The molecule has 0 aromatic heterocycles. The Labute approximate surface area is 166 Å². The molecule has 142 valence electrons. The van der Waals surface area contributed by atoms with E-state index >= 15 is 0 Å². The van der Waals surface area contributed by atoms with Gasteiger partial charge in [-0.2, -0.15) is 0 Å². The number of rotatable bonds is 6. The molecule has 0 saturated carbocycles. The van der Waals surface area contributed by atoms with Crippen LogP contribution in [0.3, 0.4) is 0 Å². The molecule has 2 N–H and O–H groups in total. The van der Waals surface area contributed by atoms with E-state index in [0.717, 1.165) is 11.4 Å². The molecule has 0 radical (unpaired) electrons. The summed E-state index contributed by atoms with van der Waals surface area (Å²) < 4.78 is 16.5. The highest BCUT2D eigenvalue weighted by atomic mass is 35.5. The minimum absolute atomic E-state index is 0.118. The predicted molar refractivity (Wildman–Crippen MR) is 107 cm³/mol. The van der Waals surface area contributed by atoms with Crippen molar-refractivity contribution in [3.05, 3.63) is 58.9 Å². The van der Waals surface area contributed by atoms with Crippen LogP contribution in [0.2, 0.25) is 5.02 Å². The third-order valence-electron chi connectivity index (χ3n) is 4.29. The Morgan fingerprint density at radius 1 is 1.33 bits per heavy atom. The predicted octanol–water partition coefficient (Wildman–Crippen LogP) is 3.84. The zero-order chi connectivity index (χ0) is 19.4. The van der Waals surface area contributed by atoms with Gasteiger partial charge in [-0.3, -0.25) is 9.59 Å². The van der Waals surface area contributed by atoms with Gasteiger partial charge in [0, 0.05) is 35.7 Å². The normalized spacial score (nSPS) is 16.5. The first kappa shape index (κ1) is 19.5. The Morgan fingerprint density at radius 2 is 2.15 bits per heavy atom. The molecular weight excluding hydrogens is 389 g/mol. The van der Waals surface area contributed by atoms with Gasteiger partial charge in [0.15, 0.2) is 0 Å².